The summed E-state index contributed by atoms with van der Waals surface area (Å²) in [6, 6.07) is 32.3. The molecule has 0 bridgehead atoms. The zero-order valence-corrected chi connectivity index (χ0v) is 28.7. The fraction of sp³-hybridized carbons (Fsp3) is 0.275. The summed E-state index contributed by atoms with van der Waals surface area (Å²) in [7, 11) is 0. The predicted octanol–water partition coefficient (Wildman–Crippen LogP) is 11.1. The summed E-state index contributed by atoms with van der Waals surface area (Å²) in [5.41, 5.74) is 14.6. The van der Waals surface area contributed by atoms with Crippen molar-refractivity contribution in [2.75, 3.05) is 0 Å². The number of rotatable bonds is 6. The SMILES string of the molecule is CCc1ccccc1-c1cccc2c1C=C[CH]2[Hf]([CH3])([CH3])(=[C]1CCC1)[CH]1C=Cc2c(-c3ccccc3CC)cccc21. The molecule has 41 heavy (non-hydrogen) atoms. The summed E-state index contributed by atoms with van der Waals surface area (Å²) < 4.78 is 8.67. The van der Waals surface area contributed by atoms with Gasteiger partial charge in [0.15, 0.2) is 0 Å². The van der Waals surface area contributed by atoms with Crippen molar-refractivity contribution < 1.29 is 18.0 Å². The third-order valence-corrected chi connectivity index (χ3v) is 38.4. The van der Waals surface area contributed by atoms with Gasteiger partial charge in [-0.3, -0.25) is 0 Å². The first-order valence-corrected chi connectivity index (χ1v) is 28.9. The molecule has 0 N–H and O–H groups in total. The van der Waals surface area contributed by atoms with Crippen molar-refractivity contribution in [1.82, 2.24) is 0 Å². The van der Waals surface area contributed by atoms with E-state index in [1.54, 1.807) is 11.1 Å². The maximum absolute atomic E-state index is 3.84. The van der Waals surface area contributed by atoms with Gasteiger partial charge in [-0.25, -0.2) is 0 Å². The standard InChI is InChI=1S/2C17H15.C4H6.2CH3.Hf/c2*1-2-13-7-3-4-10-15(13)17-12-6-9-14-8-5-11-16(14)17;1-2-4-3-1;;;/h2*3-12H,2H2,1H3;1-3H2;2*1H3;. The fourth-order valence-corrected chi connectivity index (χ4v) is 33.8. The zero-order chi connectivity index (χ0) is 28.2. The van der Waals surface area contributed by atoms with Gasteiger partial charge in [0, 0.05) is 0 Å². The summed E-state index contributed by atoms with van der Waals surface area (Å²) in [4.78, 5) is 0. The van der Waals surface area contributed by atoms with Crippen molar-refractivity contribution in [3.05, 3.63) is 130 Å². The average Bonchev–Trinajstić information content (AvgIpc) is 3.62. The Balaban J connectivity index is 1.40. The van der Waals surface area contributed by atoms with E-state index in [9.17, 15) is 0 Å². The number of aryl methyl sites for hydroxylation is 2. The summed E-state index contributed by atoms with van der Waals surface area (Å²) in [6.07, 6.45) is 16.4. The van der Waals surface area contributed by atoms with Crippen molar-refractivity contribution in [3.8, 4) is 22.3 Å². The second kappa shape index (κ2) is 10.1. The van der Waals surface area contributed by atoms with Crippen LogP contribution in [0.5, 0.6) is 0 Å². The molecule has 0 radical (unpaired) electrons. The Labute approximate surface area is 247 Å². The third kappa shape index (κ3) is 3.98. The molecule has 4 aromatic rings. The number of benzene rings is 4. The van der Waals surface area contributed by atoms with E-state index in [1.807, 2.05) is 3.26 Å². The van der Waals surface area contributed by atoms with E-state index in [1.165, 1.54) is 63.8 Å². The molecular formula is C40H42Hf. The number of fused-ring (bicyclic) bond motifs is 2. The van der Waals surface area contributed by atoms with Crippen molar-refractivity contribution >= 4 is 15.4 Å². The van der Waals surface area contributed by atoms with Crippen LogP contribution in [0.4, 0.5) is 0 Å². The van der Waals surface area contributed by atoms with Crippen molar-refractivity contribution in [2.24, 2.45) is 0 Å². The number of hydrogen-bond acceptors (Lipinski definition) is 0. The van der Waals surface area contributed by atoms with Gasteiger partial charge in [0.2, 0.25) is 0 Å². The van der Waals surface area contributed by atoms with Gasteiger partial charge in [-0.2, -0.15) is 0 Å². The van der Waals surface area contributed by atoms with Crippen molar-refractivity contribution in [3.63, 3.8) is 0 Å². The fourth-order valence-electron chi connectivity index (χ4n) is 8.65. The van der Waals surface area contributed by atoms with E-state index in [-0.39, 0.29) is 0 Å². The molecule has 7 rings (SSSR count). The van der Waals surface area contributed by atoms with E-state index in [2.05, 4.69) is 132 Å². The molecular weight excluding hydrogens is 659 g/mol. The molecule has 2 atom stereocenters. The van der Waals surface area contributed by atoms with Crippen LogP contribution in [0.2, 0.25) is 9.36 Å². The first-order valence-electron chi connectivity index (χ1n) is 15.8. The Morgan fingerprint density at radius 2 is 1.00 bits per heavy atom. The Morgan fingerprint density at radius 3 is 1.41 bits per heavy atom. The normalized spacial score (nSPS) is 19.3. The van der Waals surface area contributed by atoms with Crippen LogP contribution >= 0.6 is 0 Å². The van der Waals surface area contributed by atoms with Crippen LogP contribution in [-0.2, 0) is 30.9 Å². The second-order valence-electron chi connectivity index (χ2n) is 13.4. The minimum atomic E-state index is -3.84. The average molecular weight is 701 g/mol. The van der Waals surface area contributed by atoms with Gasteiger partial charge in [-0.05, 0) is 0 Å². The van der Waals surface area contributed by atoms with E-state index in [0.717, 1.165) is 12.8 Å². The second-order valence-corrected chi connectivity index (χ2v) is 39.1. The number of allylic oxidation sites excluding steroid dienone is 2. The predicted molar refractivity (Wildman–Crippen MR) is 177 cm³/mol. The van der Waals surface area contributed by atoms with E-state index >= 15 is 0 Å². The molecule has 0 aromatic heterocycles. The number of hydrogen-bond donors (Lipinski definition) is 0. The van der Waals surface area contributed by atoms with E-state index in [4.69, 9.17) is 0 Å². The molecule has 2 unspecified atom stereocenters. The molecule has 206 valence electrons. The molecule has 1 fully saturated rings. The molecule has 0 aliphatic heterocycles. The molecule has 3 aliphatic carbocycles. The van der Waals surface area contributed by atoms with Crippen molar-refractivity contribution in [2.45, 2.75) is 62.7 Å². The Hall–Kier alpha value is -2.90. The quantitative estimate of drug-likeness (QED) is 0.176. The van der Waals surface area contributed by atoms with Crippen LogP contribution < -0.4 is 0 Å². The Kier molecular flexibility index (Phi) is 6.66. The topological polar surface area (TPSA) is 0 Å². The molecule has 1 heteroatoms. The van der Waals surface area contributed by atoms with Crippen LogP contribution in [0.3, 0.4) is 0 Å². The molecule has 0 spiro atoms. The summed E-state index contributed by atoms with van der Waals surface area (Å²) in [5.74, 6) is 0. The molecule has 3 aliphatic rings. The minimum absolute atomic E-state index is 0.540. The zero-order valence-electron chi connectivity index (χ0n) is 25.1. The van der Waals surface area contributed by atoms with Crippen LogP contribution in [0.25, 0.3) is 34.4 Å². The van der Waals surface area contributed by atoms with Gasteiger partial charge in [0.05, 0.1) is 0 Å². The molecule has 4 aromatic carbocycles. The summed E-state index contributed by atoms with van der Waals surface area (Å²) in [6.45, 7) is 4.56. The third-order valence-electron chi connectivity index (χ3n) is 11.2. The van der Waals surface area contributed by atoms with E-state index < -0.39 is 18.0 Å². The first kappa shape index (κ1) is 27.0. The van der Waals surface area contributed by atoms with Gasteiger partial charge < -0.3 is 0 Å². The monoisotopic (exact) mass is 702 g/mol. The Morgan fingerprint density at radius 1 is 0.561 bits per heavy atom. The molecule has 0 amide bonds. The molecule has 1 saturated carbocycles. The van der Waals surface area contributed by atoms with Crippen LogP contribution in [0, 0.1) is 0 Å². The van der Waals surface area contributed by atoms with Crippen LogP contribution in [0.1, 0.15) is 73.8 Å². The van der Waals surface area contributed by atoms with Gasteiger partial charge in [0.1, 0.15) is 0 Å². The molecule has 0 nitrogen and oxygen atoms in total. The first-order chi connectivity index (χ1) is 19.9. The van der Waals surface area contributed by atoms with Crippen LogP contribution in [-0.4, -0.2) is 3.26 Å². The summed E-state index contributed by atoms with van der Waals surface area (Å²) >= 11 is -3.84. The Bertz CT molecular complexity index is 1680. The van der Waals surface area contributed by atoms with E-state index in [0.29, 0.717) is 7.35 Å². The molecule has 0 saturated heterocycles. The van der Waals surface area contributed by atoms with Gasteiger partial charge >= 0.3 is 249 Å². The van der Waals surface area contributed by atoms with Gasteiger partial charge in [0.25, 0.3) is 0 Å². The van der Waals surface area contributed by atoms with Gasteiger partial charge in [-0.1, -0.05) is 0 Å². The van der Waals surface area contributed by atoms with Crippen molar-refractivity contribution in [1.29, 1.82) is 0 Å². The maximum atomic E-state index is 2.82. The summed E-state index contributed by atoms with van der Waals surface area (Å²) in [5, 5.41) is 0. The molecule has 0 heterocycles. The van der Waals surface area contributed by atoms with Crippen LogP contribution in [0.15, 0.2) is 97.1 Å². The van der Waals surface area contributed by atoms with Gasteiger partial charge in [-0.15, -0.1) is 0 Å².